The molecule has 6 nitrogen and oxygen atoms in total. The molecule has 132 valence electrons. The van der Waals surface area contributed by atoms with Crippen LogP contribution < -0.4 is 16.4 Å². The van der Waals surface area contributed by atoms with E-state index in [-0.39, 0.29) is 29.6 Å². The van der Waals surface area contributed by atoms with Crippen LogP contribution in [0.3, 0.4) is 0 Å². The average molecular weight is 349 g/mol. The van der Waals surface area contributed by atoms with Crippen LogP contribution in [0.4, 0.5) is 0 Å². The Morgan fingerprint density at radius 1 is 1.04 bits per heavy atom. The van der Waals surface area contributed by atoms with Gasteiger partial charge in [-0.2, -0.15) is 0 Å². The van der Waals surface area contributed by atoms with E-state index in [4.69, 9.17) is 0 Å². The van der Waals surface area contributed by atoms with Crippen LogP contribution in [0.5, 0.6) is 0 Å². The Morgan fingerprint density at radius 3 is 2.38 bits per heavy atom. The number of amides is 1. The Balaban J connectivity index is 1.58. The van der Waals surface area contributed by atoms with E-state index in [1.54, 1.807) is 24.3 Å². The molecule has 1 aromatic heterocycles. The third-order valence-electron chi connectivity index (χ3n) is 4.75. The fourth-order valence-corrected chi connectivity index (χ4v) is 3.28. The van der Waals surface area contributed by atoms with Crippen molar-refractivity contribution in [3.05, 3.63) is 80.9 Å². The second kappa shape index (κ2) is 6.63. The van der Waals surface area contributed by atoms with E-state index in [1.807, 2.05) is 30.3 Å². The Kier molecular flexibility index (Phi) is 4.16. The smallest absolute Gasteiger partial charge is 0.273 e. The molecule has 1 heterocycles. The fourth-order valence-electron chi connectivity index (χ4n) is 3.28. The number of hydrogen-bond acceptors (Lipinski definition) is 3. The molecule has 1 aliphatic carbocycles. The zero-order valence-electron chi connectivity index (χ0n) is 14.1. The van der Waals surface area contributed by atoms with Crippen LogP contribution in [-0.4, -0.2) is 15.7 Å². The monoisotopic (exact) mass is 349 g/mol. The molecule has 3 aromatic rings. The molecule has 2 aromatic carbocycles. The molecule has 26 heavy (non-hydrogen) atoms. The van der Waals surface area contributed by atoms with Crippen LogP contribution in [0.1, 0.15) is 24.4 Å². The lowest BCUT2D eigenvalue weighted by Gasteiger charge is -2.19. The predicted molar refractivity (Wildman–Crippen MR) is 98.9 cm³/mol. The summed E-state index contributed by atoms with van der Waals surface area (Å²) in [6, 6.07) is 16.4. The first-order valence-electron chi connectivity index (χ1n) is 8.69. The maximum Gasteiger partial charge on any atom is 0.273 e. The standard InChI is InChI=1S/C20H19N3O3/c24-17(21-18(14-10-11-14)13-6-2-1-3-7-13)12-23-20(26)16-9-5-4-8-15(16)19(25)22-23/h1-9,14,18H,10-12H2,(H,21,24)(H,22,25)/t18-/m1/s1. The van der Waals surface area contributed by atoms with Gasteiger partial charge in [0, 0.05) is 0 Å². The van der Waals surface area contributed by atoms with Crippen molar-refractivity contribution in [1.29, 1.82) is 0 Å². The minimum Gasteiger partial charge on any atom is -0.347 e. The summed E-state index contributed by atoms with van der Waals surface area (Å²) in [5, 5.41) is 6.15. The predicted octanol–water partition coefficient (Wildman–Crippen LogP) is 1.96. The highest BCUT2D eigenvalue weighted by molar-refractivity contribution is 5.81. The van der Waals surface area contributed by atoms with Crippen LogP contribution >= 0.6 is 0 Å². The summed E-state index contributed by atoms with van der Waals surface area (Å²) >= 11 is 0. The van der Waals surface area contributed by atoms with Crippen molar-refractivity contribution in [2.24, 2.45) is 5.92 Å². The number of H-pyrrole nitrogens is 1. The van der Waals surface area contributed by atoms with Gasteiger partial charge in [0.2, 0.25) is 5.91 Å². The zero-order valence-corrected chi connectivity index (χ0v) is 14.1. The van der Waals surface area contributed by atoms with Crippen LogP contribution in [0.25, 0.3) is 10.8 Å². The van der Waals surface area contributed by atoms with Gasteiger partial charge in [0.05, 0.1) is 16.8 Å². The summed E-state index contributed by atoms with van der Waals surface area (Å²) in [6.45, 7) is -0.213. The van der Waals surface area contributed by atoms with E-state index in [9.17, 15) is 14.4 Å². The van der Waals surface area contributed by atoms with Crippen molar-refractivity contribution in [3.63, 3.8) is 0 Å². The van der Waals surface area contributed by atoms with Gasteiger partial charge in [-0.05, 0) is 36.5 Å². The summed E-state index contributed by atoms with van der Waals surface area (Å²) < 4.78 is 1.08. The lowest BCUT2D eigenvalue weighted by atomic mass is 10.0. The normalized spacial score (nSPS) is 14.9. The summed E-state index contributed by atoms with van der Waals surface area (Å²) in [6.07, 6.45) is 2.15. The SMILES string of the molecule is O=C(Cn1[nH]c(=O)c2ccccc2c1=O)N[C@H](c1ccccc1)C1CC1. The minimum atomic E-state index is -0.380. The number of nitrogens with zero attached hydrogens (tertiary/aromatic N) is 1. The van der Waals surface area contributed by atoms with Gasteiger partial charge in [0.25, 0.3) is 11.1 Å². The number of fused-ring (bicyclic) bond motifs is 1. The summed E-state index contributed by atoms with van der Waals surface area (Å²) in [5.74, 6) is 0.132. The van der Waals surface area contributed by atoms with E-state index in [0.29, 0.717) is 16.7 Å². The molecule has 1 atom stereocenters. The van der Waals surface area contributed by atoms with Crippen LogP contribution in [0.2, 0.25) is 0 Å². The second-order valence-electron chi connectivity index (χ2n) is 6.67. The van der Waals surface area contributed by atoms with Crippen molar-refractivity contribution in [2.75, 3.05) is 0 Å². The summed E-state index contributed by atoms with van der Waals surface area (Å²) in [7, 11) is 0. The highest BCUT2D eigenvalue weighted by atomic mass is 16.2. The molecular formula is C20H19N3O3. The molecule has 2 N–H and O–H groups in total. The molecule has 1 saturated carbocycles. The average Bonchev–Trinajstić information content (AvgIpc) is 3.50. The third kappa shape index (κ3) is 3.18. The molecule has 0 saturated heterocycles. The molecule has 0 aliphatic heterocycles. The first kappa shape index (κ1) is 16.3. The Morgan fingerprint density at radius 2 is 1.69 bits per heavy atom. The molecule has 1 amide bonds. The highest BCUT2D eigenvalue weighted by Gasteiger charge is 2.33. The van der Waals surface area contributed by atoms with E-state index < -0.39 is 0 Å². The summed E-state index contributed by atoms with van der Waals surface area (Å²) in [5.41, 5.74) is 0.301. The van der Waals surface area contributed by atoms with Crippen LogP contribution in [-0.2, 0) is 11.3 Å². The van der Waals surface area contributed by atoms with Gasteiger partial charge in [-0.3, -0.25) is 19.5 Å². The van der Waals surface area contributed by atoms with Gasteiger partial charge >= 0.3 is 0 Å². The Hall–Kier alpha value is -3.15. The molecule has 6 heteroatoms. The van der Waals surface area contributed by atoms with Gasteiger partial charge in [-0.25, -0.2) is 4.68 Å². The van der Waals surface area contributed by atoms with E-state index in [0.717, 1.165) is 23.1 Å². The molecule has 0 radical (unpaired) electrons. The Labute approximate surface area is 149 Å². The number of aromatic nitrogens is 2. The van der Waals surface area contributed by atoms with Crippen LogP contribution in [0, 0.1) is 5.92 Å². The molecular weight excluding hydrogens is 330 g/mol. The van der Waals surface area contributed by atoms with E-state index in [2.05, 4.69) is 10.4 Å². The quantitative estimate of drug-likeness (QED) is 0.738. The zero-order chi connectivity index (χ0) is 18.1. The van der Waals surface area contributed by atoms with Crippen molar-refractivity contribution >= 4 is 16.7 Å². The first-order valence-corrected chi connectivity index (χ1v) is 8.69. The van der Waals surface area contributed by atoms with Gasteiger partial charge in [0.1, 0.15) is 6.54 Å². The fraction of sp³-hybridized carbons (Fsp3) is 0.250. The molecule has 1 fully saturated rings. The van der Waals surface area contributed by atoms with Crippen molar-refractivity contribution < 1.29 is 4.79 Å². The first-order chi connectivity index (χ1) is 12.6. The van der Waals surface area contributed by atoms with Gasteiger partial charge in [-0.15, -0.1) is 0 Å². The maximum absolute atomic E-state index is 12.5. The van der Waals surface area contributed by atoms with Crippen molar-refractivity contribution in [2.45, 2.75) is 25.4 Å². The maximum atomic E-state index is 12.5. The lowest BCUT2D eigenvalue weighted by Crippen LogP contribution is -2.38. The van der Waals surface area contributed by atoms with Gasteiger partial charge in [0.15, 0.2) is 0 Å². The topological polar surface area (TPSA) is 84.0 Å². The van der Waals surface area contributed by atoms with Gasteiger partial charge < -0.3 is 5.32 Å². The van der Waals surface area contributed by atoms with Gasteiger partial charge in [-0.1, -0.05) is 42.5 Å². The highest BCUT2D eigenvalue weighted by Crippen LogP contribution is 2.40. The molecule has 4 rings (SSSR count). The molecule has 0 spiro atoms. The van der Waals surface area contributed by atoms with E-state index >= 15 is 0 Å². The van der Waals surface area contributed by atoms with E-state index in [1.165, 1.54) is 0 Å². The van der Waals surface area contributed by atoms with Crippen molar-refractivity contribution in [1.82, 2.24) is 15.1 Å². The number of aromatic amines is 1. The lowest BCUT2D eigenvalue weighted by molar-refractivity contribution is -0.122. The number of rotatable bonds is 5. The molecule has 1 aliphatic rings. The molecule has 0 unspecified atom stereocenters. The number of benzene rings is 2. The Bertz CT molecular complexity index is 1060. The van der Waals surface area contributed by atoms with Crippen LogP contribution in [0.15, 0.2) is 64.2 Å². The number of carbonyl (C=O) groups excluding carboxylic acids is 1. The second-order valence-corrected chi connectivity index (χ2v) is 6.67. The third-order valence-corrected chi connectivity index (χ3v) is 4.75. The number of nitrogens with one attached hydrogen (secondary N) is 2. The van der Waals surface area contributed by atoms with Crippen molar-refractivity contribution in [3.8, 4) is 0 Å². The summed E-state index contributed by atoms with van der Waals surface area (Å²) in [4.78, 5) is 37.2. The minimum absolute atomic E-state index is 0.0634. The largest absolute Gasteiger partial charge is 0.347 e. The number of carbonyl (C=O) groups is 1. The number of hydrogen-bond donors (Lipinski definition) is 2. The molecule has 0 bridgehead atoms.